The van der Waals surface area contributed by atoms with Crippen LogP contribution in [0.4, 0.5) is 0 Å². The second kappa shape index (κ2) is 5.30. The second-order valence-corrected chi connectivity index (χ2v) is 4.52. The van der Waals surface area contributed by atoms with E-state index in [0.717, 1.165) is 16.8 Å². The summed E-state index contributed by atoms with van der Waals surface area (Å²) < 4.78 is 0. The third kappa shape index (κ3) is 3.29. The van der Waals surface area contributed by atoms with Gasteiger partial charge < -0.3 is 5.11 Å². The fraction of sp³-hybridized carbons (Fsp3) is 0.214. The molecule has 0 saturated carbocycles. The Labute approximate surface area is 106 Å². The predicted octanol–water partition coefficient (Wildman–Crippen LogP) is 3.32. The average molecular weight is 248 g/mol. The van der Waals surface area contributed by atoms with E-state index in [-0.39, 0.29) is 0 Å². The second-order valence-electron chi connectivity index (χ2n) is 4.08. The number of aryl methyl sites for hydroxylation is 1. The zero-order chi connectivity index (χ0) is 12.3. The van der Waals surface area contributed by atoms with Crippen molar-refractivity contribution in [3.63, 3.8) is 0 Å². The van der Waals surface area contributed by atoms with Gasteiger partial charge in [-0.25, -0.2) is 0 Å². The number of pyridine rings is 1. The molecular formula is C14H14ClNO. The normalized spacial score (nSPS) is 12.4. The summed E-state index contributed by atoms with van der Waals surface area (Å²) in [6, 6.07) is 11.3. The first-order valence-corrected chi connectivity index (χ1v) is 5.88. The maximum absolute atomic E-state index is 10.1. The van der Waals surface area contributed by atoms with Crippen LogP contribution >= 0.6 is 11.6 Å². The van der Waals surface area contributed by atoms with Crippen LogP contribution in [0, 0.1) is 6.92 Å². The van der Waals surface area contributed by atoms with Gasteiger partial charge in [-0.15, -0.1) is 0 Å². The van der Waals surface area contributed by atoms with Gasteiger partial charge in [0.15, 0.2) is 0 Å². The Balaban J connectivity index is 2.08. The fourth-order valence-electron chi connectivity index (χ4n) is 1.64. The fourth-order valence-corrected chi connectivity index (χ4v) is 1.76. The van der Waals surface area contributed by atoms with Gasteiger partial charge in [-0.1, -0.05) is 29.8 Å². The van der Waals surface area contributed by atoms with Gasteiger partial charge in [0.1, 0.15) is 0 Å². The number of benzene rings is 1. The highest BCUT2D eigenvalue weighted by Gasteiger charge is 2.08. The lowest BCUT2D eigenvalue weighted by atomic mass is 10.0. The molecule has 3 heteroatoms. The van der Waals surface area contributed by atoms with Gasteiger partial charge in [-0.05, 0) is 36.2 Å². The van der Waals surface area contributed by atoms with Gasteiger partial charge in [0.05, 0.1) is 6.10 Å². The molecule has 0 radical (unpaired) electrons. The monoisotopic (exact) mass is 247 g/mol. The summed E-state index contributed by atoms with van der Waals surface area (Å²) >= 11 is 5.81. The number of nitrogens with zero attached hydrogens (tertiary/aromatic N) is 1. The summed E-state index contributed by atoms with van der Waals surface area (Å²) in [5, 5.41) is 10.8. The van der Waals surface area contributed by atoms with Crippen LogP contribution in [0.3, 0.4) is 0 Å². The van der Waals surface area contributed by atoms with Crippen molar-refractivity contribution < 1.29 is 5.11 Å². The minimum Gasteiger partial charge on any atom is -0.388 e. The van der Waals surface area contributed by atoms with Crippen molar-refractivity contribution in [2.45, 2.75) is 19.4 Å². The Morgan fingerprint density at radius 3 is 2.47 bits per heavy atom. The standard InChI is InChI=1S/C14H14ClNO/c1-10-2-5-12(9-16-10)14(17)8-11-3-6-13(15)7-4-11/h2-7,9,14,17H,8H2,1H3. The Morgan fingerprint density at radius 2 is 1.88 bits per heavy atom. The average Bonchev–Trinajstić information content (AvgIpc) is 2.33. The molecule has 17 heavy (non-hydrogen) atoms. The Morgan fingerprint density at radius 1 is 1.18 bits per heavy atom. The lowest BCUT2D eigenvalue weighted by Gasteiger charge is -2.10. The van der Waals surface area contributed by atoms with Gasteiger partial charge in [0, 0.05) is 23.3 Å². The van der Waals surface area contributed by atoms with Crippen LogP contribution in [-0.2, 0) is 6.42 Å². The maximum Gasteiger partial charge on any atom is 0.0845 e. The molecule has 0 saturated heterocycles. The van der Waals surface area contributed by atoms with Crippen molar-refractivity contribution in [3.05, 3.63) is 64.4 Å². The van der Waals surface area contributed by atoms with E-state index in [1.54, 1.807) is 6.20 Å². The quantitative estimate of drug-likeness (QED) is 0.903. The molecule has 0 bridgehead atoms. The molecule has 2 rings (SSSR count). The molecule has 1 aromatic heterocycles. The van der Waals surface area contributed by atoms with Crippen molar-refractivity contribution >= 4 is 11.6 Å². The third-order valence-electron chi connectivity index (χ3n) is 2.66. The largest absolute Gasteiger partial charge is 0.388 e. The van der Waals surface area contributed by atoms with Crippen molar-refractivity contribution in [3.8, 4) is 0 Å². The highest BCUT2D eigenvalue weighted by molar-refractivity contribution is 6.30. The highest BCUT2D eigenvalue weighted by atomic mass is 35.5. The summed E-state index contributed by atoms with van der Waals surface area (Å²) in [5.41, 5.74) is 2.85. The van der Waals surface area contributed by atoms with E-state index in [1.165, 1.54) is 0 Å². The summed E-state index contributed by atoms with van der Waals surface area (Å²) in [6.45, 7) is 1.93. The molecule has 1 unspecified atom stereocenters. The Bertz CT molecular complexity index is 479. The molecule has 2 aromatic rings. The number of aliphatic hydroxyl groups excluding tert-OH is 1. The number of hydrogen-bond donors (Lipinski definition) is 1. The molecule has 0 aliphatic heterocycles. The third-order valence-corrected chi connectivity index (χ3v) is 2.91. The van der Waals surface area contributed by atoms with E-state index in [1.807, 2.05) is 43.3 Å². The number of hydrogen-bond acceptors (Lipinski definition) is 2. The SMILES string of the molecule is Cc1ccc(C(O)Cc2ccc(Cl)cc2)cn1. The van der Waals surface area contributed by atoms with Crippen LogP contribution in [0.5, 0.6) is 0 Å². The first kappa shape index (κ1) is 12.1. The number of rotatable bonds is 3. The number of aliphatic hydroxyl groups is 1. The summed E-state index contributed by atoms with van der Waals surface area (Å²) in [4.78, 5) is 4.17. The van der Waals surface area contributed by atoms with Crippen LogP contribution in [0.25, 0.3) is 0 Å². The smallest absolute Gasteiger partial charge is 0.0845 e. The minimum atomic E-state index is -0.524. The zero-order valence-corrected chi connectivity index (χ0v) is 10.4. The number of aromatic nitrogens is 1. The first-order chi connectivity index (χ1) is 8.15. The Hall–Kier alpha value is -1.38. The molecule has 0 aliphatic carbocycles. The highest BCUT2D eigenvalue weighted by Crippen LogP contribution is 2.19. The molecule has 0 spiro atoms. The maximum atomic E-state index is 10.1. The Kier molecular flexibility index (Phi) is 3.77. The van der Waals surface area contributed by atoms with Gasteiger partial charge in [-0.3, -0.25) is 4.98 Å². The van der Waals surface area contributed by atoms with Gasteiger partial charge >= 0.3 is 0 Å². The number of halogens is 1. The first-order valence-electron chi connectivity index (χ1n) is 5.50. The van der Waals surface area contributed by atoms with E-state index < -0.39 is 6.10 Å². The molecule has 88 valence electrons. The van der Waals surface area contributed by atoms with E-state index in [0.29, 0.717) is 11.4 Å². The minimum absolute atomic E-state index is 0.524. The molecule has 1 heterocycles. The van der Waals surface area contributed by atoms with E-state index in [9.17, 15) is 5.11 Å². The molecule has 2 nitrogen and oxygen atoms in total. The predicted molar refractivity (Wildman–Crippen MR) is 69.1 cm³/mol. The van der Waals surface area contributed by atoms with Gasteiger partial charge in [0.25, 0.3) is 0 Å². The van der Waals surface area contributed by atoms with Gasteiger partial charge in [-0.2, -0.15) is 0 Å². The molecule has 0 aliphatic rings. The molecule has 1 aromatic carbocycles. The molecule has 1 atom stereocenters. The zero-order valence-electron chi connectivity index (χ0n) is 9.60. The van der Waals surface area contributed by atoms with Crippen LogP contribution in [0.1, 0.15) is 22.9 Å². The van der Waals surface area contributed by atoms with Crippen molar-refractivity contribution in [1.29, 1.82) is 0 Å². The van der Waals surface area contributed by atoms with Gasteiger partial charge in [0.2, 0.25) is 0 Å². The summed E-state index contributed by atoms with van der Waals surface area (Å²) in [6.07, 6.45) is 1.77. The van der Waals surface area contributed by atoms with Crippen molar-refractivity contribution in [1.82, 2.24) is 4.98 Å². The van der Waals surface area contributed by atoms with Crippen LogP contribution in [0.15, 0.2) is 42.6 Å². The molecule has 1 N–H and O–H groups in total. The van der Waals surface area contributed by atoms with Crippen molar-refractivity contribution in [2.24, 2.45) is 0 Å². The summed E-state index contributed by atoms with van der Waals surface area (Å²) in [5.74, 6) is 0. The molecule has 0 amide bonds. The van der Waals surface area contributed by atoms with Crippen LogP contribution in [0.2, 0.25) is 5.02 Å². The van der Waals surface area contributed by atoms with Crippen LogP contribution < -0.4 is 0 Å². The van der Waals surface area contributed by atoms with Crippen molar-refractivity contribution in [2.75, 3.05) is 0 Å². The van der Waals surface area contributed by atoms with E-state index in [2.05, 4.69) is 4.98 Å². The molecular weight excluding hydrogens is 234 g/mol. The molecule has 0 fully saturated rings. The van der Waals surface area contributed by atoms with E-state index in [4.69, 9.17) is 11.6 Å². The lowest BCUT2D eigenvalue weighted by Crippen LogP contribution is -2.02. The van der Waals surface area contributed by atoms with Crippen LogP contribution in [-0.4, -0.2) is 10.1 Å². The topological polar surface area (TPSA) is 33.1 Å². The lowest BCUT2D eigenvalue weighted by molar-refractivity contribution is 0.178. The van der Waals surface area contributed by atoms with E-state index >= 15 is 0 Å². The summed E-state index contributed by atoms with van der Waals surface area (Å²) in [7, 11) is 0.